The predicted octanol–water partition coefficient (Wildman–Crippen LogP) is 2.51. The maximum atomic E-state index is 5.97. The van der Waals surface area contributed by atoms with E-state index >= 15 is 0 Å². The van der Waals surface area contributed by atoms with Crippen LogP contribution in [-0.2, 0) is 22.6 Å². The molecule has 3 aliphatic rings. The summed E-state index contributed by atoms with van der Waals surface area (Å²) in [5.74, 6) is 0.903. The zero-order valence-corrected chi connectivity index (χ0v) is 19.1. The molecule has 7 heteroatoms. The van der Waals surface area contributed by atoms with Crippen molar-refractivity contribution in [1.82, 2.24) is 15.5 Å². The minimum absolute atomic E-state index is 0. The minimum Gasteiger partial charge on any atom is -0.379 e. The number of nitrogens with one attached hydrogen (secondary N) is 2. The second-order valence-corrected chi connectivity index (χ2v) is 7.71. The molecule has 0 spiro atoms. The Balaban J connectivity index is 0.00000225. The number of hydrogen-bond donors (Lipinski definition) is 2. The monoisotopic (exact) mass is 500 g/mol. The molecule has 0 saturated carbocycles. The summed E-state index contributed by atoms with van der Waals surface area (Å²) in [6.07, 6.45) is 4.29. The number of guanidine groups is 1. The van der Waals surface area contributed by atoms with Crippen molar-refractivity contribution in [3.05, 3.63) is 35.4 Å². The van der Waals surface area contributed by atoms with Crippen LogP contribution in [0.1, 0.15) is 37.3 Å². The van der Waals surface area contributed by atoms with E-state index in [1.165, 1.54) is 24.0 Å². The van der Waals surface area contributed by atoms with Crippen LogP contribution in [0.4, 0.5) is 0 Å². The topological polar surface area (TPSA) is 58.1 Å². The molecule has 0 radical (unpaired) electrons. The van der Waals surface area contributed by atoms with Crippen LogP contribution in [-0.4, -0.2) is 62.0 Å². The number of ether oxygens (including phenoxy) is 2. The lowest BCUT2D eigenvalue weighted by molar-refractivity contribution is 0.0341. The minimum atomic E-state index is 0. The highest BCUT2D eigenvalue weighted by molar-refractivity contribution is 14.0. The molecule has 3 atom stereocenters. The molecule has 4 rings (SSSR count). The number of nitrogens with zero attached hydrogens (tertiary/aromatic N) is 2. The first-order valence-electron chi connectivity index (χ1n) is 10.4. The molecule has 3 fully saturated rings. The molecule has 1 aromatic rings. The Kier molecular flexibility index (Phi) is 8.37. The fraction of sp³-hybridized carbons (Fsp3) is 0.667. The smallest absolute Gasteiger partial charge is 0.191 e. The Morgan fingerprint density at radius 1 is 1.18 bits per heavy atom. The van der Waals surface area contributed by atoms with Gasteiger partial charge in [-0.3, -0.25) is 4.90 Å². The van der Waals surface area contributed by atoms with Crippen molar-refractivity contribution < 1.29 is 9.47 Å². The number of morpholine rings is 1. The van der Waals surface area contributed by atoms with Crippen LogP contribution in [0.5, 0.6) is 0 Å². The quantitative estimate of drug-likeness (QED) is 0.357. The molecule has 2 N–H and O–H groups in total. The van der Waals surface area contributed by atoms with E-state index in [1.54, 1.807) is 0 Å². The highest BCUT2D eigenvalue weighted by atomic mass is 127. The molecule has 1 aromatic carbocycles. The van der Waals surface area contributed by atoms with Gasteiger partial charge in [-0.15, -0.1) is 24.0 Å². The van der Waals surface area contributed by atoms with Gasteiger partial charge in [-0.25, -0.2) is 4.99 Å². The molecule has 0 amide bonds. The van der Waals surface area contributed by atoms with Crippen molar-refractivity contribution in [2.75, 3.05) is 32.8 Å². The summed E-state index contributed by atoms with van der Waals surface area (Å²) < 4.78 is 11.4. The molecule has 3 aliphatic heterocycles. The van der Waals surface area contributed by atoms with Gasteiger partial charge >= 0.3 is 0 Å². The standard InChI is InChI=1S/C21H32N4O2.HI/c1-2-22-21(24-19-13-18-7-8-20(19)27-18)23-14-16-5-3-4-6-17(16)15-25-9-11-26-12-10-25;/h3-6,18-20H,2,7-15H2,1H3,(H2,22,23,24);1H. The molecule has 28 heavy (non-hydrogen) atoms. The van der Waals surface area contributed by atoms with Crippen LogP contribution in [0, 0.1) is 0 Å². The summed E-state index contributed by atoms with van der Waals surface area (Å²) in [5, 5.41) is 7.00. The summed E-state index contributed by atoms with van der Waals surface area (Å²) in [4.78, 5) is 7.34. The van der Waals surface area contributed by atoms with Gasteiger partial charge in [-0.05, 0) is 37.3 Å². The van der Waals surface area contributed by atoms with Gasteiger partial charge in [0.25, 0.3) is 0 Å². The molecule has 0 aliphatic carbocycles. The highest BCUT2D eigenvalue weighted by Crippen LogP contribution is 2.34. The van der Waals surface area contributed by atoms with Crippen LogP contribution in [0.25, 0.3) is 0 Å². The fourth-order valence-electron chi connectivity index (χ4n) is 4.32. The Morgan fingerprint density at radius 2 is 1.96 bits per heavy atom. The first kappa shape index (κ1) is 21.8. The third-order valence-electron chi connectivity index (χ3n) is 5.80. The lowest BCUT2D eigenvalue weighted by Gasteiger charge is -2.27. The first-order valence-corrected chi connectivity index (χ1v) is 10.4. The predicted molar refractivity (Wildman–Crippen MR) is 122 cm³/mol. The summed E-state index contributed by atoms with van der Waals surface area (Å²) in [6.45, 7) is 8.32. The Labute approximate surface area is 185 Å². The van der Waals surface area contributed by atoms with Crippen molar-refractivity contribution in [2.24, 2.45) is 4.99 Å². The van der Waals surface area contributed by atoms with E-state index in [0.29, 0.717) is 24.8 Å². The molecule has 6 nitrogen and oxygen atoms in total. The van der Waals surface area contributed by atoms with Gasteiger partial charge < -0.3 is 20.1 Å². The van der Waals surface area contributed by atoms with Crippen LogP contribution >= 0.6 is 24.0 Å². The van der Waals surface area contributed by atoms with Gasteiger partial charge in [0.1, 0.15) is 0 Å². The van der Waals surface area contributed by atoms with Crippen molar-refractivity contribution in [1.29, 1.82) is 0 Å². The average Bonchev–Trinajstić information content (AvgIpc) is 3.31. The molecule has 3 unspecified atom stereocenters. The van der Waals surface area contributed by atoms with Gasteiger partial charge in [0.15, 0.2) is 5.96 Å². The second-order valence-electron chi connectivity index (χ2n) is 7.71. The third kappa shape index (κ3) is 5.58. The van der Waals surface area contributed by atoms with Crippen molar-refractivity contribution in [3.63, 3.8) is 0 Å². The second kappa shape index (κ2) is 10.8. The lowest BCUT2D eigenvalue weighted by Crippen LogP contribution is -2.47. The maximum Gasteiger partial charge on any atom is 0.191 e. The van der Waals surface area contributed by atoms with Crippen molar-refractivity contribution in [2.45, 2.75) is 57.5 Å². The van der Waals surface area contributed by atoms with E-state index in [4.69, 9.17) is 14.5 Å². The molecule has 0 aromatic heterocycles. The average molecular weight is 500 g/mol. The van der Waals surface area contributed by atoms with Gasteiger partial charge in [-0.2, -0.15) is 0 Å². The lowest BCUT2D eigenvalue weighted by atomic mass is 9.96. The number of aliphatic imine (C=N–C) groups is 1. The van der Waals surface area contributed by atoms with E-state index in [-0.39, 0.29) is 24.0 Å². The fourth-order valence-corrected chi connectivity index (χ4v) is 4.32. The Hall–Kier alpha value is -0.900. The van der Waals surface area contributed by atoms with Gasteiger partial charge in [0.05, 0.1) is 38.0 Å². The van der Waals surface area contributed by atoms with Crippen LogP contribution in [0.3, 0.4) is 0 Å². The van der Waals surface area contributed by atoms with E-state index in [0.717, 1.165) is 51.8 Å². The van der Waals surface area contributed by atoms with Crippen LogP contribution in [0.2, 0.25) is 0 Å². The maximum absolute atomic E-state index is 5.97. The normalized spacial score (nSPS) is 27.5. The first-order chi connectivity index (χ1) is 13.3. The molecule has 3 heterocycles. The van der Waals surface area contributed by atoms with E-state index < -0.39 is 0 Å². The summed E-state index contributed by atoms with van der Waals surface area (Å²) >= 11 is 0. The largest absolute Gasteiger partial charge is 0.379 e. The Bertz CT molecular complexity index is 651. The van der Waals surface area contributed by atoms with Gasteiger partial charge in [-0.1, -0.05) is 24.3 Å². The van der Waals surface area contributed by atoms with Gasteiger partial charge in [0.2, 0.25) is 0 Å². The zero-order valence-electron chi connectivity index (χ0n) is 16.7. The number of hydrogen-bond acceptors (Lipinski definition) is 4. The third-order valence-corrected chi connectivity index (χ3v) is 5.80. The highest BCUT2D eigenvalue weighted by Gasteiger charge is 2.41. The van der Waals surface area contributed by atoms with E-state index in [9.17, 15) is 0 Å². The Morgan fingerprint density at radius 3 is 2.64 bits per heavy atom. The summed E-state index contributed by atoms with van der Waals surface area (Å²) in [6, 6.07) is 9.05. The van der Waals surface area contributed by atoms with Crippen LogP contribution in [0.15, 0.2) is 29.3 Å². The van der Waals surface area contributed by atoms with Crippen molar-refractivity contribution in [3.8, 4) is 0 Å². The number of fused-ring (bicyclic) bond motifs is 2. The number of halogens is 1. The molecular weight excluding hydrogens is 467 g/mol. The molecule has 2 bridgehead atoms. The molecule has 156 valence electrons. The van der Waals surface area contributed by atoms with Gasteiger partial charge in [0, 0.05) is 26.2 Å². The van der Waals surface area contributed by atoms with E-state index in [2.05, 4.69) is 46.7 Å². The summed E-state index contributed by atoms with van der Waals surface area (Å²) in [5.41, 5.74) is 2.66. The zero-order chi connectivity index (χ0) is 18.5. The number of benzene rings is 1. The van der Waals surface area contributed by atoms with Crippen molar-refractivity contribution >= 4 is 29.9 Å². The molecular formula is C21H33IN4O2. The SMILES string of the molecule is CCNC(=NCc1ccccc1CN1CCOCC1)NC1CC2CCC1O2.I. The van der Waals surface area contributed by atoms with E-state index in [1.807, 2.05) is 0 Å². The molecule has 3 saturated heterocycles. The summed E-state index contributed by atoms with van der Waals surface area (Å²) in [7, 11) is 0. The van der Waals surface area contributed by atoms with Crippen LogP contribution < -0.4 is 10.6 Å². The number of rotatable bonds is 6.